The number of aromatic carboxylic acids is 1. The molecule has 1 aliphatic rings. The van der Waals surface area contributed by atoms with Crippen molar-refractivity contribution in [3.05, 3.63) is 83.4 Å². The standard InChI is InChI=1S/C28H28N2O4/c1-18(20-12-11-19-7-5-6-8-21(19)16-20)15-26(31)30-25-17-22(13-14-24(25)28(33)34)27(32)29-23-9-3-2-4-10-23/h5-8,11-17,23H,2-4,9-10H2,1H3,(H,29,32)(H,30,31)(H,33,34)/b18-15-. The van der Waals surface area contributed by atoms with Gasteiger partial charge in [-0.2, -0.15) is 0 Å². The molecule has 0 aliphatic heterocycles. The summed E-state index contributed by atoms with van der Waals surface area (Å²) in [5.41, 5.74) is 1.98. The Bertz CT molecular complexity index is 1270. The van der Waals surface area contributed by atoms with Crippen molar-refractivity contribution in [3.8, 4) is 0 Å². The lowest BCUT2D eigenvalue weighted by molar-refractivity contribution is -0.111. The molecule has 174 valence electrons. The second-order valence-corrected chi connectivity index (χ2v) is 8.75. The summed E-state index contributed by atoms with van der Waals surface area (Å²) in [6, 6.07) is 18.3. The van der Waals surface area contributed by atoms with Gasteiger partial charge in [-0.05, 0) is 65.9 Å². The van der Waals surface area contributed by atoms with Gasteiger partial charge in [-0.1, -0.05) is 55.7 Å². The quantitative estimate of drug-likeness (QED) is 0.418. The van der Waals surface area contributed by atoms with Gasteiger partial charge in [0.25, 0.3) is 5.91 Å². The van der Waals surface area contributed by atoms with Crippen LogP contribution in [0.1, 0.15) is 65.3 Å². The zero-order chi connectivity index (χ0) is 24.1. The van der Waals surface area contributed by atoms with Gasteiger partial charge in [-0.15, -0.1) is 0 Å². The fraction of sp³-hybridized carbons (Fsp3) is 0.250. The summed E-state index contributed by atoms with van der Waals surface area (Å²) in [6.07, 6.45) is 6.69. The number of carbonyl (C=O) groups excluding carboxylic acids is 2. The summed E-state index contributed by atoms with van der Waals surface area (Å²) in [6.45, 7) is 1.83. The van der Waals surface area contributed by atoms with E-state index in [0.29, 0.717) is 5.56 Å². The van der Waals surface area contributed by atoms with E-state index in [1.807, 2.05) is 49.4 Å². The topological polar surface area (TPSA) is 95.5 Å². The number of allylic oxidation sites excluding steroid dienone is 1. The molecule has 0 heterocycles. The Morgan fingerprint density at radius 2 is 1.59 bits per heavy atom. The molecule has 0 saturated heterocycles. The monoisotopic (exact) mass is 456 g/mol. The zero-order valence-electron chi connectivity index (χ0n) is 19.1. The predicted octanol–water partition coefficient (Wildman–Crippen LogP) is 5.64. The molecular weight excluding hydrogens is 428 g/mol. The van der Waals surface area contributed by atoms with Crippen LogP contribution in [0.3, 0.4) is 0 Å². The summed E-state index contributed by atoms with van der Waals surface area (Å²) in [7, 11) is 0. The van der Waals surface area contributed by atoms with E-state index in [1.54, 1.807) is 0 Å². The average molecular weight is 457 g/mol. The van der Waals surface area contributed by atoms with Gasteiger partial charge in [0.15, 0.2) is 0 Å². The van der Waals surface area contributed by atoms with Crippen LogP contribution in [0.15, 0.2) is 66.7 Å². The predicted molar refractivity (Wildman–Crippen MR) is 134 cm³/mol. The van der Waals surface area contributed by atoms with E-state index in [-0.39, 0.29) is 23.2 Å². The fourth-order valence-corrected chi connectivity index (χ4v) is 4.37. The van der Waals surface area contributed by atoms with Gasteiger partial charge in [-0.3, -0.25) is 9.59 Å². The smallest absolute Gasteiger partial charge is 0.337 e. The van der Waals surface area contributed by atoms with Gasteiger partial charge in [0, 0.05) is 17.7 Å². The number of hydrogen-bond acceptors (Lipinski definition) is 3. The molecule has 0 unspecified atom stereocenters. The van der Waals surface area contributed by atoms with Gasteiger partial charge in [0.1, 0.15) is 0 Å². The molecule has 0 spiro atoms. The van der Waals surface area contributed by atoms with Crippen molar-refractivity contribution in [2.75, 3.05) is 5.32 Å². The Balaban J connectivity index is 1.53. The van der Waals surface area contributed by atoms with Gasteiger partial charge in [-0.25, -0.2) is 4.79 Å². The lowest BCUT2D eigenvalue weighted by atomic mass is 9.95. The van der Waals surface area contributed by atoms with Crippen molar-refractivity contribution in [3.63, 3.8) is 0 Å². The van der Waals surface area contributed by atoms with E-state index in [1.165, 1.54) is 30.7 Å². The summed E-state index contributed by atoms with van der Waals surface area (Å²) in [5.74, 6) is -1.90. The molecule has 3 aromatic rings. The Kier molecular flexibility index (Phi) is 7.07. The first-order valence-corrected chi connectivity index (χ1v) is 11.6. The highest BCUT2D eigenvalue weighted by Gasteiger charge is 2.19. The van der Waals surface area contributed by atoms with Gasteiger partial charge in [0.05, 0.1) is 11.3 Å². The van der Waals surface area contributed by atoms with Crippen LogP contribution in [0.2, 0.25) is 0 Å². The highest BCUT2D eigenvalue weighted by Crippen LogP contribution is 2.23. The number of fused-ring (bicyclic) bond motifs is 1. The molecule has 0 aromatic heterocycles. The molecule has 0 radical (unpaired) electrons. The van der Waals surface area contributed by atoms with Gasteiger partial charge < -0.3 is 15.7 Å². The second kappa shape index (κ2) is 10.3. The highest BCUT2D eigenvalue weighted by atomic mass is 16.4. The number of carboxylic acids is 1. The minimum atomic E-state index is -1.18. The molecule has 34 heavy (non-hydrogen) atoms. The molecule has 3 N–H and O–H groups in total. The maximum atomic E-state index is 12.8. The molecule has 2 amide bonds. The number of benzene rings is 3. The second-order valence-electron chi connectivity index (χ2n) is 8.75. The van der Waals surface area contributed by atoms with Gasteiger partial charge in [0.2, 0.25) is 5.91 Å². The van der Waals surface area contributed by atoms with Crippen LogP contribution in [0.25, 0.3) is 16.3 Å². The van der Waals surface area contributed by atoms with E-state index < -0.39 is 11.9 Å². The van der Waals surface area contributed by atoms with Crippen LogP contribution in [0.5, 0.6) is 0 Å². The van der Waals surface area contributed by atoms with Crippen molar-refractivity contribution in [1.82, 2.24) is 5.32 Å². The van der Waals surface area contributed by atoms with Crippen LogP contribution in [0.4, 0.5) is 5.69 Å². The summed E-state index contributed by atoms with van der Waals surface area (Å²) in [5, 5.41) is 17.4. The third-order valence-corrected chi connectivity index (χ3v) is 6.26. The molecule has 1 fully saturated rings. The number of nitrogens with one attached hydrogen (secondary N) is 2. The molecule has 4 rings (SSSR count). The number of amides is 2. The lowest BCUT2D eigenvalue weighted by Gasteiger charge is -2.23. The Hall–Kier alpha value is -3.93. The van der Waals surface area contributed by atoms with Crippen molar-refractivity contribution in [2.24, 2.45) is 0 Å². The van der Waals surface area contributed by atoms with E-state index in [2.05, 4.69) is 10.6 Å². The van der Waals surface area contributed by atoms with Gasteiger partial charge >= 0.3 is 5.97 Å². The first-order chi connectivity index (χ1) is 16.4. The first-order valence-electron chi connectivity index (χ1n) is 11.6. The van der Waals surface area contributed by atoms with Crippen LogP contribution in [-0.4, -0.2) is 28.9 Å². The summed E-state index contributed by atoms with van der Waals surface area (Å²) < 4.78 is 0. The van der Waals surface area contributed by atoms with E-state index in [0.717, 1.165) is 47.6 Å². The molecule has 0 atom stereocenters. The first kappa shape index (κ1) is 23.2. The third-order valence-electron chi connectivity index (χ3n) is 6.26. The molecule has 1 aliphatic carbocycles. The molecule has 0 bridgehead atoms. The zero-order valence-corrected chi connectivity index (χ0v) is 19.1. The summed E-state index contributed by atoms with van der Waals surface area (Å²) in [4.78, 5) is 37.2. The largest absolute Gasteiger partial charge is 0.478 e. The molecule has 6 heteroatoms. The fourth-order valence-electron chi connectivity index (χ4n) is 4.37. The average Bonchev–Trinajstić information content (AvgIpc) is 2.84. The third kappa shape index (κ3) is 5.52. The molecule has 3 aromatic carbocycles. The number of anilines is 1. The van der Waals surface area contributed by atoms with Crippen molar-refractivity contribution in [2.45, 2.75) is 45.1 Å². The number of carbonyl (C=O) groups is 3. The Morgan fingerprint density at radius 3 is 2.32 bits per heavy atom. The molecule has 6 nitrogen and oxygen atoms in total. The Morgan fingerprint density at radius 1 is 0.882 bits per heavy atom. The SMILES string of the molecule is C/C(=C/C(=O)Nc1cc(C(=O)NC2CCCCC2)ccc1C(=O)O)c1ccc2ccccc2c1. The number of carboxylic acid groups (broad SMARTS) is 1. The summed E-state index contributed by atoms with van der Waals surface area (Å²) >= 11 is 0. The maximum absolute atomic E-state index is 12.8. The van der Waals surface area contributed by atoms with Crippen molar-refractivity contribution >= 4 is 39.8 Å². The minimum absolute atomic E-state index is 0.0701. The van der Waals surface area contributed by atoms with E-state index in [9.17, 15) is 19.5 Å². The van der Waals surface area contributed by atoms with Crippen LogP contribution in [-0.2, 0) is 4.79 Å². The molecule has 1 saturated carbocycles. The number of hydrogen-bond donors (Lipinski definition) is 3. The van der Waals surface area contributed by atoms with Crippen molar-refractivity contribution < 1.29 is 19.5 Å². The maximum Gasteiger partial charge on any atom is 0.337 e. The number of rotatable bonds is 6. The van der Waals surface area contributed by atoms with E-state index in [4.69, 9.17) is 0 Å². The van der Waals surface area contributed by atoms with Crippen LogP contribution in [0, 0.1) is 0 Å². The van der Waals surface area contributed by atoms with Crippen molar-refractivity contribution in [1.29, 1.82) is 0 Å². The molecular formula is C28H28N2O4. The lowest BCUT2D eigenvalue weighted by Crippen LogP contribution is -2.36. The minimum Gasteiger partial charge on any atom is -0.478 e. The van der Waals surface area contributed by atoms with Crippen LogP contribution < -0.4 is 10.6 Å². The Labute approximate surface area is 198 Å². The highest BCUT2D eigenvalue weighted by molar-refractivity contribution is 6.08. The normalized spacial score (nSPS) is 14.6. The van der Waals surface area contributed by atoms with E-state index >= 15 is 0 Å². The van der Waals surface area contributed by atoms with Crippen LogP contribution >= 0.6 is 0 Å².